The van der Waals surface area contributed by atoms with Gasteiger partial charge in [0.15, 0.2) is 5.16 Å². The van der Waals surface area contributed by atoms with Crippen molar-refractivity contribution in [2.75, 3.05) is 11.1 Å². The highest BCUT2D eigenvalue weighted by Crippen LogP contribution is 2.34. The minimum Gasteiger partial charge on any atom is -0.508 e. The summed E-state index contributed by atoms with van der Waals surface area (Å²) in [6.45, 7) is 2.05. The third-order valence-electron chi connectivity index (χ3n) is 3.67. The molecule has 7 heteroatoms. The van der Waals surface area contributed by atoms with Crippen LogP contribution in [0.25, 0.3) is 0 Å². The molecule has 1 atom stereocenters. The van der Waals surface area contributed by atoms with Gasteiger partial charge in [-0.1, -0.05) is 30.8 Å². The number of H-pyrrole nitrogens is 1. The van der Waals surface area contributed by atoms with Gasteiger partial charge in [-0.25, -0.2) is 4.98 Å². The van der Waals surface area contributed by atoms with Gasteiger partial charge in [0.2, 0.25) is 5.91 Å². The first-order chi connectivity index (χ1) is 11.1. The van der Waals surface area contributed by atoms with Gasteiger partial charge < -0.3 is 15.4 Å². The highest BCUT2D eigenvalue weighted by Gasteiger charge is 2.30. The molecule has 0 bridgehead atoms. The average Bonchev–Trinajstić information content (AvgIpc) is 2.52. The number of rotatable bonds is 4. The molecule has 120 valence electrons. The number of anilines is 1. The Labute approximate surface area is 137 Å². The molecule has 1 aromatic heterocycles. The highest BCUT2D eigenvalue weighted by molar-refractivity contribution is 7.99. The fourth-order valence-electron chi connectivity index (χ4n) is 2.61. The summed E-state index contributed by atoms with van der Waals surface area (Å²) in [7, 11) is 0. The minimum absolute atomic E-state index is 0.146. The van der Waals surface area contributed by atoms with E-state index in [0.29, 0.717) is 16.5 Å². The maximum absolute atomic E-state index is 12.5. The van der Waals surface area contributed by atoms with Crippen molar-refractivity contribution in [2.24, 2.45) is 0 Å². The summed E-state index contributed by atoms with van der Waals surface area (Å²) in [4.78, 5) is 31.7. The van der Waals surface area contributed by atoms with E-state index >= 15 is 0 Å². The smallest absolute Gasteiger partial charge is 0.257 e. The van der Waals surface area contributed by atoms with Crippen molar-refractivity contribution in [3.05, 3.63) is 45.7 Å². The maximum atomic E-state index is 12.5. The van der Waals surface area contributed by atoms with E-state index in [4.69, 9.17) is 0 Å². The molecule has 0 unspecified atom stereocenters. The van der Waals surface area contributed by atoms with Crippen LogP contribution in [0.5, 0.6) is 5.75 Å². The van der Waals surface area contributed by atoms with Crippen molar-refractivity contribution < 1.29 is 9.90 Å². The van der Waals surface area contributed by atoms with E-state index in [0.717, 1.165) is 17.7 Å². The number of carbonyl (C=O) groups is 1. The summed E-state index contributed by atoms with van der Waals surface area (Å²) >= 11 is 1.46. The normalized spacial score (nSPS) is 16.7. The van der Waals surface area contributed by atoms with Crippen LogP contribution in [0, 0.1) is 0 Å². The number of amides is 1. The first kappa shape index (κ1) is 15.6. The fourth-order valence-corrected chi connectivity index (χ4v) is 3.33. The van der Waals surface area contributed by atoms with Crippen LogP contribution in [0.3, 0.4) is 0 Å². The van der Waals surface area contributed by atoms with Crippen LogP contribution < -0.4 is 10.9 Å². The summed E-state index contributed by atoms with van der Waals surface area (Å²) in [5.41, 5.74) is 1.04. The second kappa shape index (κ2) is 6.45. The first-order valence-corrected chi connectivity index (χ1v) is 8.43. The Bertz CT molecular complexity index is 786. The molecular weight excluding hydrogens is 314 g/mol. The lowest BCUT2D eigenvalue weighted by atomic mass is 9.87. The topological polar surface area (TPSA) is 95.1 Å². The zero-order chi connectivity index (χ0) is 16.4. The van der Waals surface area contributed by atoms with Crippen molar-refractivity contribution in [1.29, 1.82) is 0 Å². The standard InChI is InChI=1S/C16H17N3O3S/c1-2-7-23-16-18-14-13(15(22)19-16)11(8-12(21)17-14)9-3-5-10(20)6-4-9/h3-6,11,20H,2,7-8H2,1H3,(H2,17,18,19,21,22)/t11-/m1/s1. The number of thioether (sulfide) groups is 1. The molecule has 3 rings (SSSR count). The number of fused-ring (bicyclic) bond motifs is 1. The number of phenolic OH excluding ortho intramolecular Hbond substituents is 1. The molecule has 1 aliphatic heterocycles. The van der Waals surface area contributed by atoms with Crippen LogP contribution in [0.15, 0.2) is 34.2 Å². The molecule has 1 amide bonds. The largest absolute Gasteiger partial charge is 0.508 e. The van der Waals surface area contributed by atoms with Gasteiger partial charge in [-0.05, 0) is 24.1 Å². The molecule has 0 fully saturated rings. The molecule has 6 nitrogen and oxygen atoms in total. The van der Waals surface area contributed by atoms with Crippen LogP contribution in [0.2, 0.25) is 0 Å². The molecule has 0 aliphatic carbocycles. The van der Waals surface area contributed by atoms with Crippen LogP contribution in [-0.2, 0) is 4.79 Å². The van der Waals surface area contributed by atoms with E-state index < -0.39 is 0 Å². The molecule has 2 heterocycles. The lowest BCUT2D eigenvalue weighted by Crippen LogP contribution is -2.31. The van der Waals surface area contributed by atoms with Crippen LogP contribution in [0.1, 0.15) is 36.8 Å². The summed E-state index contributed by atoms with van der Waals surface area (Å²) in [5, 5.41) is 12.6. The second-order valence-corrected chi connectivity index (χ2v) is 6.46. The SMILES string of the molecule is CCCSc1nc2c(c(=O)[nH]1)[C@@H](c1ccc(O)cc1)CC(=O)N2. The minimum atomic E-state index is -0.360. The molecule has 2 aromatic rings. The molecule has 1 aromatic carbocycles. The quantitative estimate of drug-likeness (QED) is 0.591. The molecular formula is C16H17N3O3S. The van der Waals surface area contributed by atoms with E-state index in [1.807, 2.05) is 6.92 Å². The molecule has 0 saturated heterocycles. The van der Waals surface area contributed by atoms with Gasteiger partial charge >= 0.3 is 0 Å². The molecule has 23 heavy (non-hydrogen) atoms. The number of aromatic nitrogens is 2. The van der Waals surface area contributed by atoms with Crippen molar-refractivity contribution >= 4 is 23.5 Å². The van der Waals surface area contributed by atoms with Gasteiger partial charge in [-0.2, -0.15) is 0 Å². The second-order valence-electron chi connectivity index (χ2n) is 5.38. The fraction of sp³-hybridized carbons (Fsp3) is 0.312. The maximum Gasteiger partial charge on any atom is 0.257 e. The van der Waals surface area contributed by atoms with Crippen molar-refractivity contribution in [3.8, 4) is 5.75 Å². The number of aromatic amines is 1. The van der Waals surface area contributed by atoms with Crippen LogP contribution in [0.4, 0.5) is 5.82 Å². The summed E-state index contributed by atoms with van der Waals surface area (Å²) in [5.74, 6) is 0.798. The summed E-state index contributed by atoms with van der Waals surface area (Å²) < 4.78 is 0. The molecule has 0 radical (unpaired) electrons. The van der Waals surface area contributed by atoms with Gasteiger partial charge in [0.1, 0.15) is 11.6 Å². The number of hydrogen-bond acceptors (Lipinski definition) is 5. The Hall–Kier alpha value is -2.28. The van der Waals surface area contributed by atoms with E-state index in [1.165, 1.54) is 11.8 Å². The third kappa shape index (κ3) is 3.24. The van der Waals surface area contributed by atoms with Gasteiger partial charge in [-0.3, -0.25) is 9.59 Å². The number of carbonyl (C=O) groups excluding carboxylic acids is 1. The Morgan fingerprint density at radius 1 is 1.30 bits per heavy atom. The Morgan fingerprint density at radius 3 is 2.74 bits per heavy atom. The monoisotopic (exact) mass is 331 g/mol. The van der Waals surface area contributed by atoms with E-state index in [1.54, 1.807) is 24.3 Å². The number of benzene rings is 1. The Balaban J connectivity index is 2.05. The van der Waals surface area contributed by atoms with Crippen molar-refractivity contribution in [1.82, 2.24) is 9.97 Å². The lowest BCUT2D eigenvalue weighted by molar-refractivity contribution is -0.116. The molecule has 1 aliphatic rings. The molecule has 0 spiro atoms. The average molecular weight is 331 g/mol. The van der Waals surface area contributed by atoms with Gasteiger partial charge in [0, 0.05) is 18.1 Å². The first-order valence-electron chi connectivity index (χ1n) is 7.44. The number of aromatic hydroxyl groups is 1. The Morgan fingerprint density at radius 2 is 2.04 bits per heavy atom. The summed E-state index contributed by atoms with van der Waals surface area (Å²) in [6.07, 6.45) is 1.15. The summed E-state index contributed by atoms with van der Waals surface area (Å²) in [6, 6.07) is 6.55. The number of nitrogens with zero attached hydrogens (tertiary/aromatic N) is 1. The Kier molecular flexibility index (Phi) is 4.38. The lowest BCUT2D eigenvalue weighted by Gasteiger charge is -2.24. The van der Waals surface area contributed by atoms with Crippen molar-refractivity contribution in [2.45, 2.75) is 30.8 Å². The van der Waals surface area contributed by atoms with Gasteiger partial charge in [-0.15, -0.1) is 0 Å². The third-order valence-corrected chi connectivity index (χ3v) is 4.75. The number of nitrogens with one attached hydrogen (secondary N) is 2. The predicted molar refractivity (Wildman–Crippen MR) is 89.1 cm³/mol. The number of phenols is 1. The highest BCUT2D eigenvalue weighted by atomic mass is 32.2. The molecule has 0 saturated carbocycles. The predicted octanol–water partition coefficient (Wildman–Crippen LogP) is 2.45. The van der Waals surface area contributed by atoms with E-state index in [2.05, 4.69) is 15.3 Å². The van der Waals surface area contributed by atoms with Gasteiger partial charge in [0.25, 0.3) is 5.56 Å². The van der Waals surface area contributed by atoms with Crippen LogP contribution in [-0.4, -0.2) is 26.7 Å². The van der Waals surface area contributed by atoms with E-state index in [9.17, 15) is 14.7 Å². The zero-order valence-electron chi connectivity index (χ0n) is 12.6. The zero-order valence-corrected chi connectivity index (χ0v) is 13.4. The molecule has 3 N–H and O–H groups in total. The van der Waals surface area contributed by atoms with Crippen molar-refractivity contribution in [3.63, 3.8) is 0 Å². The number of hydrogen-bond donors (Lipinski definition) is 3. The van der Waals surface area contributed by atoms with E-state index in [-0.39, 0.29) is 29.6 Å². The van der Waals surface area contributed by atoms with Crippen LogP contribution >= 0.6 is 11.8 Å². The van der Waals surface area contributed by atoms with Gasteiger partial charge in [0.05, 0.1) is 5.56 Å².